The molecule has 2 aromatic rings. The summed E-state index contributed by atoms with van der Waals surface area (Å²) >= 11 is 5.61. The fourth-order valence-corrected chi connectivity index (χ4v) is 3.34. The first kappa shape index (κ1) is 15.5. The van der Waals surface area contributed by atoms with Gasteiger partial charge in [0.25, 0.3) is 0 Å². The molecular formula is C14H10ClFO4S. The summed E-state index contributed by atoms with van der Waals surface area (Å²) in [5.74, 6) is -2.24. The van der Waals surface area contributed by atoms with Crippen molar-refractivity contribution in [3.05, 3.63) is 64.4 Å². The van der Waals surface area contributed by atoms with Gasteiger partial charge in [-0.15, -0.1) is 0 Å². The third-order valence-electron chi connectivity index (χ3n) is 2.78. The number of hydrogen-bond donors (Lipinski definition) is 1. The number of carbonyl (C=O) groups is 1. The lowest BCUT2D eigenvalue weighted by molar-refractivity contribution is 0.0696. The second-order valence-electron chi connectivity index (χ2n) is 4.34. The number of sulfone groups is 1. The van der Waals surface area contributed by atoms with Crippen LogP contribution in [0.25, 0.3) is 0 Å². The highest BCUT2D eigenvalue weighted by atomic mass is 35.5. The molecule has 4 nitrogen and oxygen atoms in total. The van der Waals surface area contributed by atoms with E-state index in [0.717, 1.165) is 12.1 Å². The Hall–Kier alpha value is -1.92. The number of aromatic carboxylic acids is 1. The summed E-state index contributed by atoms with van der Waals surface area (Å²) in [5.41, 5.74) is 0.204. The molecule has 0 bridgehead atoms. The van der Waals surface area contributed by atoms with E-state index >= 15 is 0 Å². The molecule has 1 N–H and O–H groups in total. The van der Waals surface area contributed by atoms with Gasteiger partial charge in [0.1, 0.15) is 5.82 Å². The minimum absolute atomic E-state index is 0.108. The molecule has 21 heavy (non-hydrogen) atoms. The van der Waals surface area contributed by atoms with Crippen molar-refractivity contribution >= 4 is 27.4 Å². The Morgan fingerprint density at radius 2 is 1.90 bits per heavy atom. The fraction of sp³-hybridized carbons (Fsp3) is 0.0714. The lowest BCUT2D eigenvalue weighted by atomic mass is 10.2. The molecule has 0 unspecified atom stereocenters. The maximum Gasteiger partial charge on any atom is 0.335 e. The Kier molecular flexibility index (Phi) is 4.29. The van der Waals surface area contributed by atoms with Gasteiger partial charge in [-0.25, -0.2) is 17.6 Å². The number of carboxylic acids is 1. The van der Waals surface area contributed by atoms with E-state index in [4.69, 9.17) is 16.7 Å². The molecule has 110 valence electrons. The highest BCUT2D eigenvalue weighted by Crippen LogP contribution is 2.21. The molecule has 0 aliphatic rings. The topological polar surface area (TPSA) is 71.4 Å². The minimum Gasteiger partial charge on any atom is -0.478 e. The van der Waals surface area contributed by atoms with Gasteiger partial charge in [0.15, 0.2) is 9.84 Å². The number of benzene rings is 2. The number of hydrogen-bond acceptors (Lipinski definition) is 3. The summed E-state index contributed by atoms with van der Waals surface area (Å²) in [6.45, 7) is 0. The van der Waals surface area contributed by atoms with Crippen LogP contribution < -0.4 is 0 Å². The average molecular weight is 329 g/mol. The van der Waals surface area contributed by atoms with Crippen molar-refractivity contribution in [3.63, 3.8) is 0 Å². The van der Waals surface area contributed by atoms with Crippen LogP contribution in [0.2, 0.25) is 5.02 Å². The summed E-state index contributed by atoms with van der Waals surface area (Å²) in [5, 5.41) is 8.71. The van der Waals surface area contributed by atoms with Crippen molar-refractivity contribution in [2.75, 3.05) is 0 Å². The predicted octanol–water partition coefficient (Wildman–Crippen LogP) is 3.15. The average Bonchev–Trinajstić information content (AvgIpc) is 2.43. The summed E-state index contributed by atoms with van der Waals surface area (Å²) in [7, 11) is -3.74. The largest absolute Gasteiger partial charge is 0.478 e. The van der Waals surface area contributed by atoms with E-state index in [1.54, 1.807) is 0 Å². The first-order chi connectivity index (χ1) is 9.79. The summed E-state index contributed by atoms with van der Waals surface area (Å²) in [6, 6.07) is 8.69. The van der Waals surface area contributed by atoms with Crippen molar-refractivity contribution in [2.45, 2.75) is 10.6 Å². The van der Waals surface area contributed by atoms with E-state index in [-0.39, 0.29) is 15.5 Å². The van der Waals surface area contributed by atoms with Gasteiger partial charge in [0, 0.05) is 0 Å². The zero-order valence-corrected chi connectivity index (χ0v) is 12.2. The highest BCUT2D eigenvalue weighted by Gasteiger charge is 2.17. The van der Waals surface area contributed by atoms with Crippen molar-refractivity contribution < 1.29 is 22.7 Å². The summed E-state index contributed by atoms with van der Waals surface area (Å²) in [6.07, 6.45) is 0. The van der Waals surface area contributed by atoms with Crippen LogP contribution >= 0.6 is 11.6 Å². The molecule has 0 saturated heterocycles. The number of halogens is 2. The van der Waals surface area contributed by atoms with Crippen molar-refractivity contribution in [1.82, 2.24) is 0 Å². The quantitative estimate of drug-likeness (QED) is 0.935. The second-order valence-corrected chi connectivity index (χ2v) is 6.74. The SMILES string of the molecule is O=C(O)c1cccc(S(=O)(=O)Cc2ccc(F)c(Cl)c2)c1. The van der Waals surface area contributed by atoms with E-state index in [2.05, 4.69) is 0 Å². The summed E-state index contributed by atoms with van der Waals surface area (Å²) < 4.78 is 37.5. The van der Waals surface area contributed by atoms with E-state index in [0.29, 0.717) is 5.56 Å². The Labute approximate surface area is 125 Å². The monoisotopic (exact) mass is 328 g/mol. The first-order valence-electron chi connectivity index (χ1n) is 5.79. The molecule has 0 aliphatic carbocycles. The molecule has 0 spiro atoms. The molecule has 0 amide bonds. The molecule has 0 aromatic heterocycles. The molecule has 0 fully saturated rings. The zero-order valence-electron chi connectivity index (χ0n) is 10.6. The highest BCUT2D eigenvalue weighted by molar-refractivity contribution is 7.90. The lowest BCUT2D eigenvalue weighted by Gasteiger charge is -2.06. The molecule has 0 saturated carbocycles. The van der Waals surface area contributed by atoms with E-state index in [1.165, 1.54) is 30.3 Å². The molecule has 0 atom stereocenters. The van der Waals surface area contributed by atoms with Crippen molar-refractivity contribution in [3.8, 4) is 0 Å². The van der Waals surface area contributed by atoms with Crippen molar-refractivity contribution in [1.29, 1.82) is 0 Å². The molecular weight excluding hydrogens is 319 g/mol. The molecule has 0 aliphatic heterocycles. The van der Waals surface area contributed by atoms with Gasteiger partial charge >= 0.3 is 5.97 Å². The Balaban J connectivity index is 2.36. The normalized spacial score (nSPS) is 11.3. The fourth-order valence-electron chi connectivity index (χ4n) is 1.75. The minimum atomic E-state index is -3.74. The summed E-state index contributed by atoms with van der Waals surface area (Å²) in [4.78, 5) is 10.8. The van der Waals surface area contributed by atoms with Gasteiger partial charge in [-0.05, 0) is 35.9 Å². The molecule has 7 heteroatoms. The van der Waals surface area contributed by atoms with Gasteiger partial charge in [0.05, 0.1) is 21.2 Å². The molecule has 2 rings (SSSR count). The van der Waals surface area contributed by atoms with Gasteiger partial charge in [-0.1, -0.05) is 23.7 Å². The van der Waals surface area contributed by atoms with Gasteiger partial charge in [-0.3, -0.25) is 0 Å². The van der Waals surface area contributed by atoms with E-state index < -0.39 is 27.4 Å². The van der Waals surface area contributed by atoms with Crippen LogP contribution in [0.1, 0.15) is 15.9 Å². The zero-order chi connectivity index (χ0) is 15.6. The Bertz CT molecular complexity index is 802. The van der Waals surface area contributed by atoms with E-state index in [1.807, 2.05) is 0 Å². The molecule has 0 radical (unpaired) electrons. The maximum absolute atomic E-state index is 13.0. The van der Waals surface area contributed by atoms with Crippen molar-refractivity contribution in [2.24, 2.45) is 0 Å². The smallest absolute Gasteiger partial charge is 0.335 e. The van der Waals surface area contributed by atoms with Crippen LogP contribution in [0.4, 0.5) is 4.39 Å². The van der Waals surface area contributed by atoms with Crippen LogP contribution in [-0.4, -0.2) is 19.5 Å². The van der Waals surface area contributed by atoms with Gasteiger partial charge in [0.2, 0.25) is 0 Å². The standard InChI is InChI=1S/C14H10ClFO4S/c15-12-6-9(4-5-13(12)16)8-21(19,20)11-3-1-2-10(7-11)14(17)18/h1-7H,8H2,(H,17,18). The van der Waals surface area contributed by atoms with Crippen LogP contribution in [0.15, 0.2) is 47.4 Å². The van der Waals surface area contributed by atoms with Crippen LogP contribution in [0, 0.1) is 5.82 Å². The van der Waals surface area contributed by atoms with Crippen LogP contribution in [0.3, 0.4) is 0 Å². The number of carboxylic acid groups (broad SMARTS) is 1. The van der Waals surface area contributed by atoms with Crippen LogP contribution in [0.5, 0.6) is 0 Å². The molecule has 0 heterocycles. The second kappa shape index (κ2) is 5.83. The number of rotatable bonds is 4. The van der Waals surface area contributed by atoms with E-state index in [9.17, 15) is 17.6 Å². The van der Waals surface area contributed by atoms with Crippen LogP contribution in [-0.2, 0) is 15.6 Å². The molecule has 2 aromatic carbocycles. The third kappa shape index (κ3) is 3.59. The lowest BCUT2D eigenvalue weighted by Crippen LogP contribution is -2.07. The predicted molar refractivity (Wildman–Crippen MR) is 75.7 cm³/mol. The third-order valence-corrected chi connectivity index (χ3v) is 4.76. The van der Waals surface area contributed by atoms with Gasteiger partial charge in [-0.2, -0.15) is 0 Å². The van der Waals surface area contributed by atoms with Gasteiger partial charge < -0.3 is 5.11 Å². The Morgan fingerprint density at radius 3 is 2.52 bits per heavy atom. The Morgan fingerprint density at radius 1 is 1.19 bits per heavy atom. The first-order valence-corrected chi connectivity index (χ1v) is 7.83. The maximum atomic E-state index is 13.0.